The van der Waals surface area contributed by atoms with Crippen LogP contribution in [-0.4, -0.2) is 45.0 Å². The summed E-state index contributed by atoms with van der Waals surface area (Å²) >= 11 is 6.13. The molecule has 1 saturated heterocycles. The van der Waals surface area contributed by atoms with Gasteiger partial charge in [-0.3, -0.25) is 19.3 Å². The van der Waals surface area contributed by atoms with Crippen LogP contribution in [0, 0.1) is 5.41 Å². The summed E-state index contributed by atoms with van der Waals surface area (Å²) in [4.78, 5) is 23.8. The zero-order valence-electron chi connectivity index (χ0n) is 16.9. The Morgan fingerprint density at radius 3 is 2.53 bits per heavy atom. The van der Waals surface area contributed by atoms with E-state index >= 15 is 0 Å². The summed E-state index contributed by atoms with van der Waals surface area (Å²) in [5.41, 5.74) is 12.0. The molecule has 0 radical (unpaired) electrons. The number of anilines is 1. The lowest BCUT2D eigenvalue weighted by molar-refractivity contribution is -0.119. The molecule has 0 unspecified atom stereocenters. The van der Waals surface area contributed by atoms with Gasteiger partial charge in [0.25, 0.3) is 11.8 Å². The Hall–Kier alpha value is -3.31. The molecule has 2 aromatic carbocycles. The predicted molar refractivity (Wildman–Crippen MR) is 121 cm³/mol. The van der Waals surface area contributed by atoms with Crippen molar-refractivity contribution >= 4 is 45.0 Å². The van der Waals surface area contributed by atoms with E-state index in [9.17, 15) is 18.0 Å². The maximum Gasteiger partial charge on any atom is 0.255 e. The quantitative estimate of drug-likeness (QED) is 0.324. The molecule has 0 saturated carbocycles. The highest BCUT2D eigenvalue weighted by Gasteiger charge is 2.29. The lowest BCUT2D eigenvalue weighted by atomic mass is 10.1. The monoisotopic (exact) mass is 479 g/mol. The fraction of sp³-hybridized carbons (Fsp3) is 0.250. The summed E-state index contributed by atoms with van der Waals surface area (Å²) in [6, 6.07) is 9.06. The van der Waals surface area contributed by atoms with E-state index in [1.165, 1.54) is 28.6 Å². The molecular formula is C20H22ClN5O5S. The van der Waals surface area contributed by atoms with Gasteiger partial charge in [0.15, 0.2) is 6.61 Å². The number of amidine groups is 1. The number of amides is 2. The van der Waals surface area contributed by atoms with Crippen molar-refractivity contribution in [2.45, 2.75) is 13.0 Å². The summed E-state index contributed by atoms with van der Waals surface area (Å²) < 4.78 is 31.0. The van der Waals surface area contributed by atoms with E-state index in [1.807, 2.05) is 0 Å². The number of nitrogens with one attached hydrogen (secondary N) is 2. The van der Waals surface area contributed by atoms with Gasteiger partial charge < -0.3 is 21.5 Å². The average molecular weight is 480 g/mol. The Morgan fingerprint density at radius 2 is 1.91 bits per heavy atom. The van der Waals surface area contributed by atoms with Crippen molar-refractivity contribution in [1.82, 2.24) is 5.32 Å². The largest absolute Gasteiger partial charge is 0.483 e. The third-order valence-corrected chi connectivity index (χ3v) is 6.81. The molecule has 32 heavy (non-hydrogen) atoms. The molecule has 1 aliphatic heterocycles. The molecule has 6 N–H and O–H groups in total. The number of carbonyl (C=O) groups is 2. The van der Waals surface area contributed by atoms with E-state index in [2.05, 4.69) is 5.32 Å². The number of nitrogens with two attached hydrogens (primary N) is 2. The second-order valence-corrected chi connectivity index (χ2v) is 9.56. The molecule has 2 aromatic rings. The molecule has 0 aromatic heterocycles. The first-order valence-corrected chi connectivity index (χ1v) is 11.5. The van der Waals surface area contributed by atoms with Gasteiger partial charge >= 0.3 is 0 Å². The van der Waals surface area contributed by atoms with E-state index in [0.29, 0.717) is 29.8 Å². The Labute approximate surface area is 190 Å². The van der Waals surface area contributed by atoms with Gasteiger partial charge in [-0.2, -0.15) is 0 Å². The summed E-state index contributed by atoms with van der Waals surface area (Å²) in [7, 11) is -3.42. The molecule has 0 aliphatic carbocycles. The van der Waals surface area contributed by atoms with Crippen LogP contribution >= 0.6 is 11.6 Å². The highest BCUT2D eigenvalue weighted by Crippen LogP contribution is 2.28. The van der Waals surface area contributed by atoms with E-state index in [0.717, 1.165) is 0 Å². The van der Waals surface area contributed by atoms with E-state index in [1.54, 1.807) is 12.1 Å². The van der Waals surface area contributed by atoms with Crippen LogP contribution in [0.3, 0.4) is 0 Å². The number of rotatable bonds is 8. The van der Waals surface area contributed by atoms with Crippen LogP contribution in [0.4, 0.5) is 5.69 Å². The topological polar surface area (TPSA) is 169 Å². The van der Waals surface area contributed by atoms with Gasteiger partial charge in [-0.25, -0.2) is 8.42 Å². The summed E-state index contributed by atoms with van der Waals surface area (Å²) in [6.07, 6.45) is 0.501. The number of benzene rings is 2. The Kier molecular flexibility index (Phi) is 6.90. The lowest BCUT2D eigenvalue weighted by Gasteiger charge is -2.18. The minimum atomic E-state index is -3.42. The fourth-order valence-electron chi connectivity index (χ4n) is 3.21. The fourth-order valence-corrected chi connectivity index (χ4v) is 4.99. The number of ether oxygens (including phenoxy) is 1. The molecular weight excluding hydrogens is 458 g/mol. The van der Waals surface area contributed by atoms with Crippen LogP contribution in [0.25, 0.3) is 0 Å². The standard InChI is InChI=1S/C20H22ClN5O5S/c21-15-6-14(7-16(9-15)26-4-1-5-32(26,29)30)20(28)25-10-13-3-2-12(19(23)24)8-17(13)31-11-18(22)27/h2-3,6-9H,1,4-5,10-11H2,(H2,22,27)(H3,23,24)(H,25,28). The van der Waals surface area contributed by atoms with Gasteiger partial charge in [-0.05, 0) is 30.7 Å². The molecule has 2 amide bonds. The first kappa shape index (κ1) is 23.4. The first-order valence-electron chi connectivity index (χ1n) is 9.54. The third-order valence-electron chi connectivity index (χ3n) is 4.72. The van der Waals surface area contributed by atoms with Crippen LogP contribution in [-0.2, 0) is 21.4 Å². The molecule has 170 valence electrons. The van der Waals surface area contributed by atoms with Gasteiger partial charge in [-0.15, -0.1) is 0 Å². The Bertz CT molecular complexity index is 1180. The van der Waals surface area contributed by atoms with E-state index in [4.69, 9.17) is 33.2 Å². The van der Waals surface area contributed by atoms with E-state index in [-0.39, 0.29) is 41.1 Å². The Balaban J connectivity index is 1.80. The highest BCUT2D eigenvalue weighted by atomic mass is 35.5. The second-order valence-electron chi connectivity index (χ2n) is 7.11. The van der Waals surface area contributed by atoms with Crippen molar-refractivity contribution in [2.75, 3.05) is 23.2 Å². The molecule has 1 aliphatic rings. The number of nitrogen functional groups attached to an aromatic ring is 1. The summed E-state index contributed by atoms with van der Waals surface area (Å²) in [6.45, 7) is -0.0357. The van der Waals surface area contributed by atoms with Crippen LogP contribution < -0.4 is 25.8 Å². The van der Waals surface area contributed by atoms with Gasteiger partial charge in [0.2, 0.25) is 10.0 Å². The molecule has 1 fully saturated rings. The van der Waals surface area contributed by atoms with Crippen LogP contribution in [0.5, 0.6) is 5.75 Å². The Morgan fingerprint density at radius 1 is 1.16 bits per heavy atom. The minimum Gasteiger partial charge on any atom is -0.483 e. The number of primary amides is 1. The number of halogens is 1. The molecule has 10 nitrogen and oxygen atoms in total. The molecule has 1 heterocycles. The van der Waals surface area contributed by atoms with Gasteiger partial charge in [0.1, 0.15) is 11.6 Å². The number of hydrogen-bond donors (Lipinski definition) is 4. The number of sulfonamides is 1. The normalized spacial score (nSPS) is 14.7. The second kappa shape index (κ2) is 9.45. The third kappa shape index (κ3) is 5.48. The van der Waals surface area contributed by atoms with Crippen LogP contribution in [0.2, 0.25) is 5.02 Å². The van der Waals surface area contributed by atoms with Crippen molar-refractivity contribution in [3.63, 3.8) is 0 Å². The van der Waals surface area contributed by atoms with Gasteiger partial charge in [0, 0.05) is 34.8 Å². The lowest BCUT2D eigenvalue weighted by Crippen LogP contribution is -2.27. The number of nitrogens with zero attached hydrogens (tertiary/aromatic N) is 1. The maximum absolute atomic E-state index is 12.7. The zero-order valence-corrected chi connectivity index (χ0v) is 18.5. The average Bonchev–Trinajstić information content (AvgIpc) is 3.09. The highest BCUT2D eigenvalue weighted by molar-refractivity contribution is 7.93. The van der Waals surface area contributed by atoms with Crippen molar-refractivity contribution in [3.05, 3.63) is 58.1 Å². The molecule has 3 rings (SSSR count). The summed E-state index contributed by atoms with van der Waals surface area (Å²) in [5, 5.41) is 10.5. The van der Waals surface area contributed by atoms with Crippen molar-refractivity contribution in [2.24, 2.45) is 11.5 Å². The van der Waals surface area contributed by atoms with Crippen molar-refractivity contribution < 1.29 is 22.7 Å². The van der Waals surface area contributed by atoms with Gasteiger partial charge in [0.05, 0.1) is 11.4 Å². The summed E-state index contributed by atoms with van der Waals surface area (Å²) in [5.74, 6) is -1.07. The molecule has 0 bridgehead atoms. The van der Waals surface area contributed by atoms with Crippen molar-refractivity contribution in [3.8, 4) is 5.75 Å². The smallest absolute Gasteiger partial charge is 0.255 e. The van der Waals surface area contributed by atoms with Crippen LogP contribution in [0.1, 0.15) is 27.9 Å². The number of hydrogen-bond acceptors (Lipinski definition) is 6. The van der Waals surface area contributed by atoms with Crippen LogP contribution in [0.15, 0.2) is 36.4 Å². The maximum atomic E-state index is 12.7. The zero-order chi connectivity index (χ0) is 23.5. The van der Waals surface area contributed by atoms with Gasteiger partial charge in [-0.1, -0.05) is 23.7 Å². The predicted octanol–water partition coefficient (Wildman–Crippen LogP) is 0.958. The minimum absolute atomic E-state index is 0.0228. The SMILES string of the molecule is N=C(N)c1ccc(CNC(=O)c2cc(Cl)cc(N3CCCS3(=O)=O)c2)c(OCC(N)=O)c1. The first-order chi connectivity index (χ1) is 15.1. The molecule has 0 spiro atoms. The van der Waals surface area contributed by atoms with Crippen molar-refractivity contribution in [1.29, 1.82) is 5.41 Å². The molecule has 12 heteroatoms. The van der Waals surface area contributed by atoms with E-state index < -0.39 is 21.8 Å². The molecule has 0 atom stereocenters. The number of carbonyl (C=O) groups excluding carboxylic acids is 2.